The molecule has 0 aliphatic carbocycles. The molecule has 4 rings (SSSR count). The summed E-state index contributed by atoms with van der Waals surface area (Å²) in [5.74, 6) is 1.68. The molecule has 0 aliphatic heterocycles. The van der Waals surface area contributed by atoms with Crippen LogP contribution in [0.2, 0.25) is 0 Å². The Hall–Kier alpha value is -3.65. The van der Waals surface area contributed by atoms with Gasteiger partial charge in [-0.25, -0.2) is 4.39 Å². The van der Waals surface area contributed by atoms with E-state index >= 15 is 0 Å². The minimum Gasteiger partial charge on any atom is -0.493 e. The van der Waals surface area contributed by atoms with E-state index in [0.29, 0.717) is 23.3 Å². The predicted octanol–water partition coefficient (Wildman–Crippen LogP) is 5.18. The number of rotatable bonds is 9. The van der Waals surface area contributed by atoms with E-state index < -0.39 is 0 Å². The molecule has 6 nitrogen and oxygen atoms in total. The third-order valence-corrected chi connectivity index (χ3v) is 5.54. The van der Waals surface area contributed by atoms with Crippen LogP contribution in [0, 0.1) is 5.82 Å². The van der Waals surface area contributed by atoms with Gasteiger partial charge in [-0.2, -0.15) is 9.78 Å². The second kappa shape index (κ2) is 10.6. The first kappa shape index (κ1) is 21.6. The summed E-state index contributed by atoms with van der Waals surface area (Å²) >= 11 is 1.56. The normalized spacial score (nSPS) is 11.1. The van der Waals surface area contributed by atoms with Crippen molar-refractivity contribution in [1.82, 2.24) is 14.9 Å². The number of aromatic nitrogens is 3. The SMILES string of the molecule is COc1cc(/C=N/n2cnnc2SCc2ccccc2)ccc1OCc1ccc(F)cc1. The van der Waals surface area contributed by atoms with Crippen molar-refractivity contribution in [3.8, 4) is 11.5 Å². The van der Waals surface area contributed by atoms with Crippen LogP contribution in [0.5, 0.6) is 11.5 Å². The molecule has 1 aromatic heterocycles. The third kappa shape index (κ3) is 5.73. The second-order valence-corrected chi connectivity index (χ2v) is 7.74. The molecular formula is C24H21FN4O2S. The maximum atomic E-state index is 13.0. The molecule has 4 aromatic rings. The van der Waals surface area contributed by atoms with Gasteiger partial charge in [-0.05, 0) is 47.0 Å². The molecule has 32 heavy (non-hydrogen) atoms. The van der Waals surface area contributed by atoms with E-state index in [9.17, 15) is 4.39 Å². The Morgan fingerprint density at radius 3 is 2.59 bits per heavy atom. The van der Waals surface area contributed by atoms with Crippen molar-refractivity contribution in [3.63, 3.8) is 0 Å². The van der Waals surface area contributed by atoms with E-state index in [1.54, 1.807) is 48.2 Å². The lowest BCUT2D eigenvalue weighted by molar-refractivity contribution is 0.284. The summed E-state index contributed by atoms with van der Waals surface area (Å²) in [5, 5.41) is 13.3. The first-order chi connectivity index (χ1) is 15.7. The number of ether oxygens (including phenoxy) is 2. The van der Waals surface area contributed by atoms with Gasteiger partial charge in [0.05, 0.1) is 13.3 Å². The lowest BCUT2D eigenvalue weighted by atomic mass is 10.2. The van der Waals surface area contributed by atoms with E-state index in [0.717, 1.165) is 16.9 Å². The first-order valence-electron chi connectivity index (χ1n) is 9.87. The molecule has 0 fully saturated rings. The summed E-state index contributed by atoms with van der Waals surface area (Å²) in [4.78, 5) is 0. The highest BCUT2D eigenvalue weighted by atomic mass is 32.2. The van der Waals surface area contributed by atoms with Crippen LogP contribution in [0.3, 0.4) is 0 Å². The molecule has 162 valence electrons. The van der Waals surface area contributed by atoms with Crippen LogP contribution in [0.1, 0.15) is 16.7 Å². The fraction of sp³-hybridized carbons (Fsp3) is 0.125. The fourth-order valence-electron chi connectivity index (χ4n) is 2.87. The lowest BCUT2D eigenvalue weighted by Gasteiger charge is -2.11. The summed E-state index contributed by atoms with van der Waals surface area (Å²) in [7, 11) is 1.58. The van der Waals surface area contributed by atoms with Crippen LogP contribution in [0.25, 0.3) is 0 Å². The summed E-state index contributed by atoms with van der Waals surface area (Å²) in [6.07, 6.45) is 3.28. The highest BCUT2D eigenvalue weighted by molar-refractivity contribution is 7.98. The Morgan fingerprint density at radius 1 is 1.00 bits per heavy atom. The van der Waals surface area contributed by atoms with E-state index in [2.05, 4.69) is 27.4 Å². The Morgan fingerprint density at radius 2 is 1.81 bits per heavy atom. The molecule has 0 spiro atoms. The Kier molecular flexibility index (Phi) is 7.14. The zero-order chi connectivity index (χ0) is 22.2. The number of nitrogens with zero attached hydrogens (tertiary/aromatic N) is 4. The Balaban J connectivity index is 1.41. The van der Waals surface area contributed by atoms with Gasteiger partial charge in [0.1, 0.15) is 18.8 Å². The smallest absolute Gasteiger partial charge is 0.212 e. The van der Waals surface area contributed by atoms with Crippen LogP contribution in [-0.4, -0.2) is 28.2 Å². The molecule has 0 radical (unpaired) electrons. The van der Waals surface area contributed by atoms with Crippen molar-refractivity contribution in [1.29, 1.82) is 0 Å². The molecule has 0 unspecified atom stereocenters. The summed E-state index contributed by atoms with van der Waals surface area (Å²) in [6, 6.07) is 21.9. The largest absolute Gasteiger partial charge is 0.493 e. The van der Waals surface area contributed by atoms with Gasteiger partial charge >= 0.3 is 0 Å². The van der Waals surface area contributed by atoms with Crippen molar-refractivity contribution in [2.24, 2.45) is 5.10 Å². The van der Waals surface area contributed by atoms with Crippen molar-refractivity contribution < 1.29 is 13.9 Å². The van der Waals surface area contributed by atoms with Crippen molar-refractivity contribution >= 4 is 18.0 Å². The van der Waals surface area contributed by atoms with E-state index in [-0.39, 0.29) is 5.82 Å². The van der Waals surface area contributed by atoms with Crippen LogP contribution in [0.4, 0.5) is 4.39 Å². The summed E-state index contributed by atoms with van der Waals surface area (Å²) < 4.78 is 26.0. The zero-order valence-corrected chi connectivity index (χ0v) is 18.2. The highest BCUT2D eigenvalue weighted by Gasteiger charge is 2.07. The topological polar surface area (TPSA) is 61.5 Å². The quantitative estimate of drug-likeness (QED) is 0.261. The number of hydrogen-bond donors (Lipinski definition) is 0. The summed E-state index contributed by atoms with van der Waals surface area (Å²) in [5.41, 5.74) is 2.91. The first-order valence-corrected chi connectivity index (χ1v) is 10.9. The second-order valence-electron chi connectivity index (χ2n) is 6.80. The van der Waals surface area contributed by atoms with Gasteiger partial charge < -0.3 is 9.47 Å². The van der Waals surface area contributed by atoms with Gasteiger partial charge in [-0.15, -0.1) is 10.2 Å². The van der Waals surface area contributed by atoms with Crippen molar-refractivity contribution in [2.75, 3.05) is 7.11 Å². The van der Waals surface area contributed by atoms with Gasteiger partial charge in [0, 0.05) is 5.75 Å². The number of hydrogen-bond acceptors (Lipinski definition) is 6. The Bertz CT molecular complexity index is 1180. The average molecular weight is 449 g/mol. The lowest BCUT2D eigenvalue weighted by Crippen LogP contribution is -1.99. The number of thioether (sulfide) groups is 1. The number of halogens is 1. The van der Waals surface area contributed by atoms with Gasteiger partial charge in [0.2, 0.25) is 5.16 Å². The van der Waals surface area contributed by atoms with Crippen molar-refractivity contribution in [2.45, 2.75) is 17.5 Å². The van der Waals surface area contributed by atoms with Crippen LogP contribution < -0.4 is 9.47 Å². The maximum Gasteiger partial charge on any atom is 0.212 e. The molecule has 0 saturated heterocycles. The monoisotopic (exact) mass is 448 g/mol. The van der Waals surface area contributed by atoms with Gasteiger partial charge in [0.15, 0.2) is 11.5 Å². The standard InChI is InChI=1S/C24H21FN4O2S/c1-30-23-13-20(9-12-22(23)31-15-18-7-10-21(25)11-8-18)14-27-29-17-26-28-24(29)32-16-19-5-3-2-4-6-19/h2-14,17H,15-16H2,1H3/b27-14+. The predicted molar refractivity (Wildman–Crippen MR) is 123 cm³/mol. The molecule has 0 bridgehead atoms. The Labute approximate surface area is 189 Å². The van der Waals surface area contributed by atoms with Gasteiger partial charge in [0.25, 0.3) is 0 Å². The van der Waals surface area contributed by atoms with E-state index in [1.165, 1.54) is 17.7 Å². The molecule has 8 heteroatoms. The minimum absolute atomic E-state index is 0.273. The van der Waals surface area contributed by atoms with E-state index in [4.69, 9.17) is 9.47 Å². The number of methoxy groups -OCH3 is 1. The molecule has 3 aromatic carbocycles. The van der Waals surface area contributed by atoms with Crippen LogP contribution >= 0.6 is 11.8 Å². The van der Waals surface area contributed by atoms with Gasteiger partial charge in [-0.1, -0.05) is 54.2 Å². The molecule has 0 aliphatic rings. The highest BCUT2D eigenvalue weighted by Crippen LogP contribution is 2.28. The fourth-order valence-corrected chi connectivity index (χ4v) is 3.69. The molecular weight excluding hydrogens is 427 g/mol. The third-order valence-electron chi connectivity index (χ3n) is 4.54. The van der Waals surface area contributed by atoms with Gasteiger partial charge in [-0.3, -0.25) is 0 Å². The number of benzene rings is 3. The van der Waals surface area contributed by atoms with Crippen LogP contribution in [-0.2, 0) is 12.4 Å². The maximum absolute atomic E-state index is 13.0. The zero-order valence-electron chi connectivity index (χ0n) is 17.4. The molecule has 1 heterocycles. The molecule has 0 atom stereocenters. The summed E-state index contributed by atoms with van der Waals surface area (Å²) in [6.45, 7) is 0.312. The minimum atomic E-state index is -0.273. The van der Waals surface area contributed by atoms with Crippen LogP contribution in [0.15, 0.2) is 89.4 Å². The van der Waals surface area contributed by atoms with Crippen molar-refractivity contribution in [3.05, 3.63) is 102 Å². The molecule has 0 N–H and O–H groups in total. The molecule has 0 saturated carbocycles. The van der Waals surface area contributed by atoms with E-state index in [1.807, 2.05) is 36.4 Å². The molecule has 0 amide bonds. The average Bonchev–Trinajstić information content (AvgIpc) is 3.29.